The summed E-state index contributed by atoms with van der Waals surface area (Å²) in [6.45, 7) is 6.92. The van der Waals surface area contributed by atoms with Crippen molar-refractivity contribution in [2.24, 2.45) is 7.05 Å². The van der Waals surface area contributed by atoms with Crippen molar-refractivity contribution in [2.45, 2.75) is 44.0 Å². The van der Waals surface area contributed by atoms with Gasteiger partial charge in [-0.05, 0) is 45.8 Å². The third-order valence-corrected chi connectivity index (χ3v) is 5.33. The molecule has 0 aliphatic carbocycles. The van der Waals surface area contributed by atoms with E-state index in [1.54, 1.807) is 20.2 Å². The van der Waals surface area contributed by atoms with Crippen molar-refractivity contribution in [2.75, 3.05) is 19.6 Å². The topological polar surface area (TPSA) is 67.2 Å². The van der Waals surface area contributed by atoms with Gasteiger partial charge >= 0.3 is 0 Å². The number of hydrogen-bond acceptors (Lipinski definition) is 4. The molecule has 0 saturated carbocycles. The predicted molar refractivity (Wildman–Crippen MR) is 78.0 cm³/mol. The van der Waals surface area contributed by atoms with Crippen LogP contribution in [-0.2, 0) is 17.1 Å². The quantitative estimate of drug-likeness (QED) is 0.876. The summed E-state index contributed by atoms with van der Waals surface area (Å²) in [7, 11) is -1.72. The maximum absolute atomic E-state index is 12.4. The van der Waals surface area contributed by atoms with Crippen LogP contribution in [0.15, 0.2) is 11.1 Å². The molecule has 0 bridgehead atoms. The number of nitrogens with zero attached hydrogens (tertiary/aromatic N) is 3. The second-order valence-corrected chi connectivity index (χ2v) is 7.17. The Kier molecular flexibility index (Phi) is 4.82. The molecule has 20 heavy (non-hydrogen) atoms. The van der Waals surface area contributed by atoms with Crippen LogP contribution in [0.5, 0.6) is 0 Å². The number of sulfonamides is 1. The lowest BCUT2D eigenvalue weighted by Gasteiger charge is -2.31. The Hall–Kier alpha value is -0.920. The van der Waals surface area contributed by atoms with Gasteiger partial charge in [-0.1, -0.05) is 6.92 Å². The Balaban J connectivity index is 1.98. The van der Waals surface area contributed by atoms with Crippen molar-refractivity contribution >= 4 is 10.0 Å². The minimum Gasteiger partial charge on any atom is -0.303 e. The number of piperidine rings is 1. The highest BCUT2D eigenvalue weighted by Gasteiger charge is 2.26. The zero-order chi connectivity index (χ0) is 14.8. The van der Waals surface area contributed by atoms with Gasteiger partial charge in [0.25, 0.3) is 0 Å². The SMILES string of the molecule is CCCN1CCC(NS(=O)(=O)c2cn(C)nc2C)CC1. The molecule has 114 valence electrons. The lowest BCUT2D eigenvalue weighted by Crippen LogP contribution is -2.44. The first-order valence-corrected chi connectivity index (χ1v) is 8.65. The van der Waals surface area contributed by atoms with Gasteiger partial charge in [0.1, 0.15) is 4.90 Å². The summed E-state index contributed by atoms with van der Waals surface area (Å²) in [5.41, 5.74) is 0.545. The molecule has 0 spiro atoms. The molecule has 1 aromatic heterocycles. The third-order valence-electron chi connectivity index (χ3n) is 3.71. The Labute approximate surface area is 121 Å². The Morgan fingerprint density at radius 1 is 1.40 bits per heavy atom. The van der Waals surface area contributed by atoms with Gasteiger partial charge in [0.2, 0.25) is 10.0 Å². The van der Waals surface area contributed by atoms with Crippen molar-refractivity contribution in [3.8, 4) is 0 Å². The van der Waals surface area contributed by atoms with E-state index in [0.717, 1.165) is 38.9 Å². The average molecular weight is 300 g/mol. The zero-order valence-corrected chi connectivity index (χ0v) is 13.3. The normalized spacial score (nSPS) is 18.6. The van der Waals surface area contributed by atoms with Gasteiger partial charge in [0, 0.05) is 19.3 Å². The molecular weight excluding hydrogens is 276 g/mol. The first-order chi connectivity index (χ1) is 9.42. The van der Waals surface area contributed by atoms with Crippen LogP contribution in [0, 0.1) is 6.92 Å². The second-order valence-electron chi connectivity index (χ2n) is 5.49. The fraction of sp³-hybridized carbons (Fsp3) is 0.769. The van der Waals surface area contributed by atoms with E-state index in [2.05, 4.69) is 21.6 Å². The van der Waals surface area contributed by atoms with Crippen LogP contribution in [0.2, 0.25) is 0 Å². The minimum absolute atomic E-state index is 0.0349. The van der Waals surface area contributed by atoms with Gasteiger partial charge in [-0.15, -0.1) is 0 Å². The molecule has 1 N–H and O–H groups in total. The van der Waals surface area contributed by atoms with Crippen LogP contribution in [-0.4, -0.2) is 48.8 Å². The monoisotopic (exact) mass is 300 g/mol. The van der Waals surface area contributed by atoms with E-state index in [4.69, 9.17) is 0 Å². The molecule has 2 rings (SSSR count). The van der Waals surface area contributed by atoms with Crippen molar-refractivity contribution in [3.63, 3.8) is 0 Å². The van der Waals surface area contributed by atoms with E-state index < -0.39 is 10.0 Å². The molecule has 0 aromatic carbocycles. The summed E-state index contributed by atoms with van der Waals surface area (Å²) in [5, 5.41) is 4.10. The Bertz CT molecular complexity index is 545. The fourth-order valence-corrected chi connectivity index (χ4v) is 4.24. The minimum atomic E-state index is -3.45. The molecule has 1 aromatic rings. The van der Waals surface area contributed by atoms with Crippen molar-refractivity contribution in [1.82, 2.24) is 19.4 Å². The van der Waals surface area contributed by atoms with E-state index in [9.17, 15) is 8.42 Å². The highest BCUT2D eigenvalue weighted by molar-refractivity contribution is 7.89. The number of hydrogen-bond donors (Lipinski definition) is 1. The third kappa shape index (κ3) is 3.59. The molecule has 1 saturated heterocycles. The van der Waals surface area contributed by atoms with Crippen LogP contribution in [0.25, 0.3) is 0 Å². The highest BCUT2D eigenvalue weighted by atomic mass is 32.2. The highest BCUT2D eigenvalue weighted by Crippen LogP contribution is 2.17. The van der Waals surface area contributed by atoms with E-state index in [1.165, 1.54) is 4.68 Å². The fourth-order valence-electron chi connectivity index (χ4n) is 2.72. The Morgan fingerprint density at radius 2 is 2.05 bits per heavy atom. The number of aromatic nitrogens is 2. The van der Waals surface area contributed by atoms with Gasteiger partial charge in [0.15, 0.2) is 0 Å². The second kappa shape index (κ2) is 6.24. The molecule has 0 unspecified atom stereocenters. The summed E-state index contributed by atoms with van der Waals surface area (Å²) in [6, 6.07) is 0.0349. The maximum Gasteiger partial charge on any atom is 0.244 e. The van der Waals surface area contributed by atoms with E-state index >= 15 is 0 Å². The molecule has 1 aliphatic heterocycles. The van der Waals surface area contributed by atoms with Gasteiger partial charge in [0.05, 0.1) is 5.69 Å². The number of aryl methyl sites for hydroxylation is 2. The number of nitrogens with one attached hydrogen (secondary N) is 1. The first kappa shape index (κ1) is 15.5. The molecule has 0 radical (unpaired) electrons. The summed E-state index contributed by atoms with van der Waals surface area (Å²) >= 11 is 0. The molecule has 1 aliphatic rings. The maximum atomic E-state index is 12.4. The van der Waals surface area contributed by atoms with Gasteiger partial charge in [-0.2, -0.15) is 5.10 Å². The average Bonchev–Trinajstić information content (AvgIpc) is 2.72. The van der Waals surface area contributed by atoms with Crippen molar-refractivity contribution in [3.05, 3.63) is 11.9 Å². The summed E-state index contributed by atoms with van der Waals surface area (Å²) in [5.74, 6) is 0. The number of rotatable bonds is 5. The largest absolute Gasteiger partial charge is 0.303 e. The van der Waals surface area contributed by atoms with Gasteiger partial charge < -0.3 is 4.90 Å². The summed E-state index contributed by atoms with van der Waals surface area (Å²) in [6.07, 6.45) is 4.45. The number of likely N-dealkylation sites (tertiary alicyclic amines) is 1. The van der Waals surface area contributed by atoms with Crippen LogP contribution < -0.4 is 4.72 Å². The van der Waals surface area contributed by atoms with E-state index in [-0.39, 0.29) is 10.9 Å². The summed E-state index contributed by atoms with van der Waals surface area (Å²) < 4.78 is 29.1. The lowest BCUT2D eigenvalue weighted by atomic mass is 10.1. The standard InChI is InChI=1S/C13H24N4O2S/c1-4-7-17-8-5-12(6-9-17)15-20(18,19)13-10-16(3)14-11(13)2/h10,12,15H,4-9H2,1-3H3. The van der Waals surface area contributed by atoms with Crippen LogP contribution >= 0.6 is 0 Å². The molecule has 0 amide bonds. The molecular formula is C13H24N4O2S. The van der Waals surface area contributed by atoms with Crippen LogP contribution in [0.3, 0.4) is 0 Å². The zero-order valence-electron chi connectivity index (χ0n) is 12.5. The predicted octanol–water partition coefficient (Wildman–Crippen LogP) is 0.881. The molecule has 6 nitrogen and oxygen atoms in total. The molecule has 1 fully saturated rings. The van der Waals surface area contributed by atoms with Crippen LogP contribution in [0.1, 0.15) is 31.9 Å². The molecule has 0 atom stereocenters. The van der Waals surface area contributed by atoms with Crippen molar-refractivity contribution in [1.29, 1.82) is 0 Å². The van der Waals surface area contributed by atoms with Gasteiger partial charge in [-0.25, -0.2) is 13.1 Å². The molecule has 7 heteroatoms. The van der Waals surface area contributed by atoms with Gasteiger partial charge in [-0.3, -0.25) is 4.68 Å². The Morgan fingerprint density at radius 3 is 2.55 bits per heavy atom. The van der Waals surface area contributed by atoms with E-state index in [1.807, 2.05) is 0 Å². The summed E-state index contributed by atoms with van der Waals surface area (Å²) in [4.78, 5) is 2.68. The van der Waals surface area contributed by atoms with Crippen molar-refractivity contribution < 1.29 is 8.42 Å². The molecule has 2 heterocycles. The van der Waals surface area contributed by atoms with Crippen LogP contribution in [0.4, 0.5) is 0 Å². The first-order valence-electron chi connectivity index (χ1n) is 7.17. The lowest BCUT2D eigenvalue weighted by molar-refractivity contribution is 0.208. The van der Waals surface area contributed by atoms with E-state index in [0.29, 0.717) is 5.69 Å². The smallest absolute Gasteiger partial charge is 0.244 e.